The number of aromatic nitrogens is 3. The smallest absolute Gasteiger partial charge is 0.269 e. The number of benzene rings is 3. The van der Waals surface area contributed by atoms with E-state index in [-0.39, 0.29) is 43.0 Å². The third kappa shape index (κ3) is 5.70. The lowest BCUT2D eigenvalue weighted by Crippen LogP contribution is -2.46. The molecule has 0 aliphatic carbocycles. The second-order valence-electron chi connectivity index (χ2n) is 13.5. The average Bonchev–Trinajstić information content (AvgIpc) is 3.73. The van der Waals surface area contributed by atoms with Crippen LogP contribution in [0, 0.1) is 5.92 Å². The molecule has 3 aromatic carbocycles. The number of carbonyl (C=O) groups excluding carboxylic acids is 2. The van der Waals surface area contributed by atoms with Crippen molar-refractivity contribution in [2.24, 2.45) is 5.92 Å². The lowest BCUT2D eigenvalue weighted by atomic mass is 9.82. The molecular weight excluding hydrogens is 643 g/mol. The fourth-order valence-electron chi connectivity index (χ4n) is 7.91. The predicted octanol–water partition coefficient (Wildman–Crippen LogP) is 4.31. The highest BCUT2D eigenvalue weighted by molar-refractivity contribution is 6.71. The maximum absolute atomic E-state index is 14.9. The Labute approximate surface area is 285 Å². The van der Waals surface area contributed by atoms with Crippen molar-refractivity contribution in [1.82, 2.24) is 15.0 Å². The minimum Gasteiger partial charge on any atom is -0.497 e. The van der Waals surface area contributed by atoms with Gasteiger partial charge in [0.2, 0.25) is 0 Å². The van der Waals surface area contributed by atoms with Crippen LogP contribution in [0.2, 0.25) is 18.6 Å². The minimum absolute atomic E-state index is 0.0120. The van der Waals surface area contributed by atoms with Crippen LogP contribution in [0.5, 0.6) is 11.5 Å². The fourth-order valence-corrected chi connectivity index (χ4v) is 10.5. The van der Waals surface area contributed by atoms with Crippen molar-refractivity contribution in [3.05, 3.63) is 89.7 Å². The Kier molecular flexibility index (Phi) is 8.55. The highest BCUT2D eigenvalue weighted by Gasteiger charge is 2.66. The number of amides is 2. The van der Waals surface area contributed by atoms with Crippen molar-refractivity contribution >= 4 is 37.2 Å². The van der Waals surface area contributed by atoms with E-state index in [0.717, 1.165) is 16.8 Å². The first-order chi connectivity index (χ1) is 23.5. The highest BCUT2D eigenvalue weighted by Crippen LogP contribution is 2.60. The summed E-state index contributed by atoms with van der Waals surface area (Å²) in [5.41, 5.74) is 2.72. The maximum Gasteiger partial charge on any atom is 0.269 e. The minimum atomic E-state index is -2.87. The molecule has 1 aromatic heterocycles. The summed E-state index contributed by atoms with van der Waals surface area (Å²) in [4.78, 5) is 43.1. The molecule has 4 atom stereocenters. The molecule has 0 unspecified atom stereocenters. The van der Waals surface area contributed by atoms with Crippen molar-refractivity contribution in [2.45, 2.75) is 63.2 Å². The van der Waals surface area contributed by atoms with Gasteiger partial charge in [-0.05, 0) is 67.5 Å². The van der Waals surface area contributed by atoms with Gasteiger partial charge in [-0.25, -0.2) is 0 Å². The Hall–Kier alpha value is -4.56. The van der Waals surface area contributed by atoms with E-state index >= 15 is 0 Å². The summed E-state index contributed by atoms with van der Waals surface area (Å²) in [5.74, 6) is 0.518. The number of methoxy groups -OCH3 is 1. The van der Waals surface area contributed by atoms with E-state index in [4.69, 9.17) is 14.2 Å². The number of aliphatic hydroxyl groups excluding tert-OH is 1. The van der Waals surface area contributed by atoms with Crippen molar-refractivity contribution in [3.63, 3.8) is 0 Å². The summed E-state index contributed by atoms with van der Waals surface area (Å²) in [6, 6.07) is 20.7. The summed E-state index contributed by atoms with van der Waals surface area (Å²) in [6.45, 7) is 6.46. The van der Waals surface area contributed by atoms with Crippen molar-refractivity contribution in [2.75, 3.05) is 30.1 Å². The van der Waals surface area contributed by atoms with E-state index in [1.165, 1.54) is 0 Å². The molecule has 7 rings (SSSR count). The Morgan fingerprint density at radius 2 is 1.88 bits per heavy atom. The summed E-state index contributed by atoms with van der Waals surface area (Å²) in [5, 5.41) is 17.6. The van der Waals surface area contributed by atoms with Crippen LogP contribution in [0.25, 0.3) is 0 Å². The molecule has 3 aliphatic heterocycles. The molecule has 0 bridgehead atoms. The number of nitrogens with zero attached hydrogens (tertiary/aromatic N) is 5. The number of hydrogen-bond donors (Lipinski definition) is 2. The van der Waals surface area contributed by atoms with Gasteiger partial charge in [0, 0.05) is 48.5 Å². The SMILES string of the molecule is COc1ccc2c(c1)[C@]1(O[C@@H](CCn3cc(CCO)nn3)[C@H]([Si](C)(C)O)[C@H]1C)C(=O)N2Cc1cccc(N2C(=O)COc3ccccc32)c1. The van der Waals surface area contributed by atoms with Crippen molar-refractivity contribution in [1.29, 1.82) is 0 Å². The number of anilines is 3. The number of rotatable bonds is 10. The molecule has 0 saturated carbocycles. The van der Waals surface area contributed by atoms with E-state index < -0.39 is 20.0 Å². The molecule has 3 aliphatic rings. The van der Waals surface area contributed by atoms with Gasteiger partial charge in [0.05, 0.1) is 36.8 Å². The van der Waals surface area contributed by atoms with Crippen LogP contribution >= 0.6 is 0 Å². The monoisotopic (exact) mass is 683 g/mol. The molecular formula is C36H41N5O7Si. The van der Waals surface area contributed by atoms with Gasteiger partial charge in [-0.1, -0.05) is 36.4 Å². The predicted molar refractivity (Wildman–Crippen MR) is 184 cm³/mol. The Morgan fingerprint density at radius 3 is 2.65 bits per heavy atom. The second kappa shape index (κ2) is 12.7. The van der Waals surface area contributed by atoms with Gasteiger partial charge in [-0.15, -0.1) is 5.10 Å². The molecule has 2 amide bonds. The quantitative estimate of drug-likeness (QED) is 0.234. The number of fused-ring (bicyclic) bond motifs is 3. The Bertz CT molecular complexity index is 1890. The summed E-state index contributed by atoms with van der Waals surface area (Å²) >= 11 is 0. The first-order valence-corrected chi connectivity index (χ1v) is 19.6. The van der Waals surface area contributed by atoms with Crippen LogP contribution in [0.15, 0.2) is 72.9 Å². The van der Waals surface area contributed by atoms with Gasteiger partial charge < -0.3 is 29.0 Å². The first kappa shape index (κ1) is 33.0. The number of para-hydroxylation sites is 2. The van der Waals surface area contributed by atoms with Crippen LogP contribution in [0.4, 0.5) is 17.1 Å². The molecule has 4 heterocycles. The number of hydrogen-bond acceptors (Lipinski definition) is 9. The summed E-state index contributed by atoms with van der Waals surface area (Å²) in [7, 11) is -1.28. The second-order valence-corrected chi connectivity index (χ2v) is 17.5. The van der Waals surface area contributed by atoms with Gasteiger partial charge in [0.25, 0.3) is 11.8 Å². The first-order valence-electron chi connectivity index (χ1n) is 16.6. The highest BCUT2D eigenvalue weighted by atomic mass is 28.4. The summed E-state index contributed by atoms with van der Waals surface area (Å²) in [6.07, 6.45) is 2.31. The standard InChI is InChI=1S/C36H41N5O7Si/c1-23-34(49(3,4)45)32(14-16-39-21-25(15-17-42)37-38-39)48-36(23)28-19-27(46-2)12-13-29(28)40(35(36)44)20-24-8-7-9-26(18-24)41-30-10-5-6-11-31(30)47-22-33(41)43/h5-13,18-19,21,23,32,34,42,45H,14-17,20,22H2,1-4H3/t23-,32+,34-,36+/m1/s1. The van der Waals surface area contributed by atoms with Gasteiger partial charge in [0.15, 0.2) is 20.5 Å². The number of aliphatic hydroxyl groups is 1. The molecule has 4 aromatic rings. The van der Waals surface area contributed by atoms with Crippen LogP contribution in [0.3, 0.4) is 0 Å². The lowest BCUT2D eigenvalue weighted by Gasteiger charge is -2.32. The molecule has 256 valence electrons. The number of ether oxygens (including phenoxy) is 3. The van der Waals surface area contributed by atoms with Crippen LogP contribution in [0.1, 0.15) is 30.2 Å². The largest absolute Gasteiger partial charge is 0.497 e. The third-order valence-corrected chi connectivity index (χ3v) is 12.5. The van der Waals surface area contributed by atoms with Crippen LogP contribution < -0.4 is 19.3 Å². The zero-order valence-electron chi connectivity index (χ0n) is 28.1. The van der Waals surface area contributed by atoms with Gasteiger partial charge in [-0.3, -0.25) is 19.2 Å². The zero-order chi connectivity index (χ0) is 34.5. The molecule has 1 spiro atoms. The molecule has 0 radical (unpaired) electrons. The van der Waals surface area contributed by atoms with E-state index in [9.17, 15) is 19.5 Å². The lowest BCUT2D eigenvalue weighted by molar-refractivity contribution is -0.146. The Balaban J connectivity index is 1.23. The zero-order valence-corrected chi connectivity index (χ0v) is 29.1. The molecule has 49 heavy (non-hydrogen) atoms. The summed E-state index contributed by atoms with van der Waals surface area (Å²) < 4.78 is 20.0. The molecule has 12 nitrogen and oxygen atoms in total. The number of carbonyl (C=O) groups is 2. The normalized spacial score (nSPS) is 23.2. The Morgan fingerprint density at radius 1 is 1.06 bits per heavy atom. The van der Waals surface area contributed by atoms with E-state index in [2.05, 4.69) is 10.3 Å². The third-order valence-electron chi connectivity index (χ3n) is 10.0. The molecule has 2 N–H and O–H groups in total. The van der Waals surface area contributed by atoms with Gasteiger partial charge in [0.1, 0.15) is 11.5 Å². The van der Waals surface area contributed by atoms with Crippen molar-refractivity contribution in [3.8, 4) is 11.5 Å². The topological polar surface area (TPSA) is 139 Å². The molecule has 1 saturated heterocycles. The van der Waals surface area contributed by atoms with E-state index in [1.807, 2.05) is 86.7 Å². The van der Waals surface area contributed by atoms with Crippen LogP contribution in [-0.4, -0.2) is 71.5 Å². The molecule has 1 fully saturated rings. The van der Waals surface area contributed by atoms with Gasteiger partial charge in [-0.2, -0.15) is 0 Å². The average molecular weight is 684 g/mol. The van der Waals surface area contributed by atoms with Crippen LogP contribution in [-0.2, 0) is 39.4 Å². The number of aryl methyl sites for hydroxylation is 1. The maximum atomic E-state index is 14.9. The van der Waals surface area contributed by atoms with Crippen molar-refractivity contribution < 1.29 is 33.7 Å². The van der Waals surface area contributed by atoms with Gasteiger partial charge >= 0.3 is 0 Å². The molecule has 13 heteroatoms. The van der Waals surface area contributed by atoms with E-state index in [0.29, 0.717) is 48.0 Å². The van der Waals surface area contributed by atoms with E-state index in [1.54, 1.807) is 27.8 Å². The fraction of sp³-hybridized carbons (Fsp3) is 0.389.